The van der Waals surface area contributed by atoms with E-state index in [2.05, 4.69) is 14.5 Å². The first-order chi connectivity index (χ1) is 12.1. The molecule has 2 atom stereocenters. The smallest absolute Gasteiger partial charge is 0.242 e. The van der Waals surface area contributed by atoms with Gasteiger partial charge in [0.2, 0.25) is 5.91 Å². The SMILES string of the molecule is C[C@@H](O)[C@H](N)C(=O)N1CCC(c2nccn2Cc2ccccn2)CC1. The van der Waals surface area contributed by atoms with Crippen LogP contribution in [0.15, 0.2) is 36.8 Å². The van der Waals surface area contributed by atoms with E-state index < -0.39 is 12.1 Å². The Hall–Kier alpha value is -2.25. The van der Waals surface area contributed by atoms with Crippen molar-refractivity contribution in [3.05, 3.63) is 48.3 Å². The first-order valence-corrected chi connectivity index (χ1v) is 8.69. The fourth-order valence-electron chi connectivity index (χ4n) is 3.26. The van der Waals surface area contributed by atoms with Crippen molar-refractivity contribution in [2.24, 2.45) is 5.73 Å². The molecule has 0 aromatic carbocycles. The van der Waals surface area contributed by atoms with Gasteiger partial charge in [0.25, 0.3) is 0 Å². The van der Waals surface area contributed by atoms with E-state index in [-0.39, 0.29) is 5.91 Å². The maximum atomic E-state index is 12.3. The second-order valence-electron chi connectivity index (χ2n) is 6.60. The number of pyridine rings is 1. The monoisotopic (exact) mass is 343 g/mol. The van der Waals surface area contributed by atoms with E-state index in [9.17, 15) is 9.90 Å². The van der Waals surface area contributed by atoms with Crippen molar-refractivity contribution >= 4 is 5.91 Å². The summed E-state index contributed by atoms with van der Waals surface area (Å²) in [5, 5.41) is 9.51. The van der Waals surface area contributed by atoms with Crippen molar-refractivity contribution in [1.82, 2.24) is 19.4 Å². The highest BCUT2D eigenvalue weighted by Gasteiger charge is 2.30. The van der Waals surface area contributed by atoms with Gasteiger partial charge in [-0.3, -0.25) is 9.78 Å². The first kappa shape index (κ1) is 17.6. The molecule has 0 spiro atoms. The van der Waals surface area contributed by atoms with Gasteiger partial charge in [-0.05, 0) is 31.9 Å². The van der Waals surface area contributed by atoms with Crippen molar-refractivity contribution in [2.75, 3.05) is 13.1 Å². The van der Waals surface area contributed by atoms with E-state index in [1.807, 2.05) is 30.6 Å². The largest absolute Gasteiger partial charge is 0.391 e. The third kappa shape index (κ3) is 4.05. The quantitative estimate of drug-likeness (QED) is 0.834. The van der Waals surface area contributed by atoms with Crippen molar-refractivity contribution < 1.29 is 9.90 Å². The number of hydrogen-bond donors (Lipinski definition) is 2. The lowest BCUT2D eigenvalue weighted by Crippen LogP contribution is -2.51. The molecule has 0 aliphatic carbocycles. The van der Waals surface area contributed by atoms with E-state index in [4.69, 9.17) is 5.73 Å². The van der Waals surface area contributed by atoms with Gasteiger partial charge in [0.05, 0.1) is 18.3 Å². The molecule has 3 N–H and O–H groups in total. The minimum absolute atomic E-state index is 0.176. The van der Waals surface area contributed by atoms with Crippen LogP contribution in [0.1, 0.15) is 37.2 Å². The van der Waals surface area contributed by atoms with E-state index in [1.165, 1.54) is 0 Å². The van der Waals surface area contributed by atoms with Crippen molar-refractivity contribution in [3.63, 3.8) is 0 Å². The van der Waals surface area contributed by atoms with E-state index in [0.717, 1.165) is 24.4 Å². The van der Waals surface area contributed by atoms with Crippen LogP contribution in [0.3, 0.4) is 0 Å². The normalized spacial score (nSPS) is 18.1. The molecule has 1 fully saturated rings. The predicted octanol–water partition coefficient (Wildman–Crippen LogP) is 0.741. The van der Waals surface area contributed by atoms with Gasteiger partial charge in [-0.2, -0.15) is 0 Å². The van der Waals surface area contributed by atoms with E-state index >= 15 is 0 Å². The number of nitrogens with two attached hydrogens (primary N) is 1. The molecular weight excluding hydrogens is 318 g/mol. The van der Waals surface area contributed by atoms with Gasteiger partial charge in [-0.15, -0.1) is 0 Å². The van der Waals surface area contributed by atoms with Gasteiger partial charge in [0.15, 0.2) is 0 Å². The number of aliphatic hydroxyl groups is 1. The Morgan fingerprint density at radius 2 is 2.08 bits per heavy atom. The molecule has 0 bridgehead atoms. The number of hydrogen-bond acceptors (Lipinski definition) is 5. The summed E-state index contributed by atoms with van der Waals surface area (Å²) in [7, 11) is 0. The Morgan fingerprint density at radius 1 is 1.32 bits per heavy atom. The van der Waals surface area contributed by atoms with Gasteiger partial charge in [0.1, 0.15) is 11.9 Å². The minimum atomic E-state index is -0.845. The van der Waals surface area contributed by atoms with Gasteiger partial charge < -0.3 is 20.3 Å². The number of aromatic nitrogens is 3. The number of likely N-dealkylation sites (tertiary alicyclic amines) is 1. The minimum Gasteiger partial charge on any atom is -0.391 e. The molecule has 0 saturated carbocycles. The molecule has 25 heavy (non-hydrogen) atoms. The zero-order chi connectivity index (χ0) is 17.8. The number of aliphatic hydroxyl groups excluding tert-OH is 1. The molecule has 1 amide bonds. The van der Waals surface area contributed by atoms with Crippen LogP contribution in [0.5, 0.6) is 0 Å². The van der Waals surface area contributed by atoms with Crippen LogP contribution in [0.25, 0.3) is 0 Å². The summed E-state index contributed by atoms with van der Waals surface area (Å²) in [6.07, 6.45) is 6.45. The molecule has 7 nitrogen and oxygen atoms in total. The summed E-state index contributed by atoms with van der Waals surface area (Å²) >= 11 is 0. The number of rotatable bonds is 5. The van der Waals surface area contributed by atoms with Crippen LogP contribution in [-0.2, 0) is 11.3 Å². The molecule has 0 radical (unpaired) electrons. The highest BCUT2D eigenvalue weighted by molar-refractivity contribution is 5.82. The zero-order valence-corrected chi connectivity index (χ0v) is 14.5. The molecule has 7 heteroatoms. The lowest BCUT2D eigenvalue weighted by atomic mass is 9.95. The standard InChI is InChI=1S/C18H25N5O2/c1-13(24)16(19)18(25)22-9-5-14(6-10-22)17-21-8-11-23(17)12-15-4-2-3-7-20-15/h2-4,7-8,11,13-14,16,24H,5-6,9-10,12,19H2,1H3/t13-,16+/m1/s1. The molecular formula is C18H25N5O2. The van der Waals surface area contributed by atoms with Gasteiger partial charge in [-0.1, -0.05) is 6.07 Å². The second-order valence-corrected chi connectivity index (χ2v) is 6.60. The van der Waals surface area contributed by atoms with Crippen molar-refractivity contribution in [1.29, 1.82) is 0 Å². The zero-order valence-electron chi connectivity index (χ0n) is 14.5. The fourth-order valence-corrected chi connectivity index (χ4v) is 3.26. The summed E-state index contributed by atoms with van der Waals surface area (Å²) < 4.78 is 2.13. The number of carbonyl (C=O) groups is 1. The fraction of sp³-hybridized carbons (Fsp3) is 0.500. The van der Waals surface area contributed by atoms with Crippen molar-refractivity contribution in [3.8, 4) is 0 Å². The van der Waals surface area contributed by atoms with Crippen LogP contribution >= 0.6 is 0 Å². The number of amides is 1. The number of carbonyl (C=O) groups excluding carboxylic acids is 1. The van der Waals surface area contributed by atoms with E-state index in [0.29, 0.717) is 25.6 Å². The molecule has 1 aliphatic heterocycles. The molecule has 1 aliphatic rings. The Bertz CT molecular complexity index is 693. The summed E-state index contributed by atoms with van der Waals surface area (Å²) in [6, 6.07) is 5.04. The molecule has 0 unspecified atom stereocenters. The highest BCUT2D eigenvalue weighted by Crippen LogP contribution is 2.27. The number of piperidine rings is 1. The summed E-state index contributed by atoms with van der Waals surface area (Å²) in [5.41, 5.74) is 6.76. The Kier molecular flexibility index (Phi) is 5.45. The maximum absolute atomic E-state index is 12.3. The number of imidazole rings is 1. The van der Waals surface area contributed by atoms with Crippen molar-refractivity contribution in [2.45, 2.75) is 44.4 Å². The van der Waals surface area contributed by atoms with Crippen LogP contribution < -0.4 is 5.73 Å². The molecule has 3 rings (SSSR count). The van der Waals surface area contributed by atoms with E-state index in [1.54, 1.807) is 18.0 Å². The Morgan fingerprint density at radius 3 is 2.72 bits per heavy atom. The second kappa shape index (κ2) is 7.76. The van der Waals surface area contributed by atoms with Gasteiger partial charge in [0, 0.05) is 37.6 Å². The molecule has 3 heterocycles. The summed E-state index contributed by atoms with van der Waals surface area (Å²) in [4.78, 5) is 22.9. The van der Waals surface area contributed by atoms with Gasteiger partial charge in [-0.25, -0.2) is 4.98 Å². The van der Waals surface area contributed by atoms with Crippen LogP contribution in [0.4, 0.5) is 0 Å². The lowest BCUT2D eigenvalue weighted by Gasteiger charge is -2.34. The highest BCUT2D eigenvalue weighted by atomic mass is 16.3. The Labute approximate surface area is 147 Å². The molecule has 1 saturated heterocycles. The average Bonchev–Trinajstić information content (AvgIpc) is 3.09. The maximum Gasteiger partial charge on any atom is 0.242 e. The lowest BCUT2D eigenvalue weighted by molar-refractivity contribution is -0.135. The summed E-state index contributed by atoms with van der Waals surface area (Å²) in [6.45, 7) is 3.52. The third-order valence-electron chi connectivity index (χ3n) is 4.78. The van der Waals surface area contributed by atoms with Crippen LogP contribution in [-0.4, -0.2) is 55.7 Å². The average molecular weight is 343 g/mol. The molecule has 2 aromatic rings. The molecule has 2 aromatic heterocycles. The van der Waals surface area contributed by atoms with Gasteiger partial charge >= 0.3 is 0 Å². The van der Waals surface area contributed by atoms with Crippen LogP contribution in [0, 0.1) is 0 Å². The number of nitrogens with zero attached hydrogens (tertiary/aromatic N) is 4. The predicted molar refractivity (Wildman–Crippen MR) is 93.8 cm³/mol. The van der Waals surface area contributed by atoms with Crippen LogP contribution in [0.2, 0.25) is 0 Å². The first-order valence-electron chi connectivity index (χ1n) is 8.69. The Balaban J connectivity index is 1.62. The third-order valence-corrected chi connectivity index (χ3v) is 4.78. The topological polar surface area (TPSA) is 97.3 Å². The molecule has 134 valence electrons. The summed E-state index contributed by atoms with van der Waals surface area (Å²) in [5.74, 6) is 1.17.